The van der Waals surface area contributed by atoms with Crippen LogP contribution in [0.4, 0.5) is 17.6 Å². The molecule has 2 atom stereocenters. The first-order chi connectivity index (χ1) is 12.8. The molecular weight excluding hydrogens is 394 g/mol. The molecule has 0 spiro atoms. The van der Waals surface area contributed by atoms with Crippen molar-refractivity contribution in [3.63, 3.8) is 0 Å². The number of benzene rings is 2. The Morgan fingerprint density at radius 1 is 1.07 bits per heavy atom. The van der Waals surface area contributed by atoms with E-state index < -0.39 is 27.6 Å². The second-order valence-corrected chi connectivity index (χ2v) is 9.43. The maximum Gasteiger partial charge on any atom is 0.419 e. The van der Waals surface area contributed by atoms with Crippen LogP contribution in [0.25, 0.3) is 0 Å². The van der Waals surface area contributed by atoms with Gasteiger partial charge in [-0.2, -0.15) is 13.2 Å². The van der Waals surface area contributed by atoms with Crippen molar-refractivity contribution in [3.8, 4) is 0 Å². The van der Waals surface area contributed by atoms with Gasteiger partial charge in [0.1, 0.15) is 5.82 Å². The van der Waals surface area contributed by atoms with Crippen LogP contribution in [0.3, 0.4) is 0 Å². The Balaban J connectivity index is 1.72. The number of halogens is 4. The van der Waals surface area contributed by atoms with E-state index in [0.29, 0.717) is 18.4 Å². The van der Waals surface area contributed by atoms with Crippen LogP contribution in [0, 0.1) is 17.2 Å². The summed E-state index contributed by atoms with van der Waals surface area (Å²) < 4.78 is 74.8. The lowest BCUT2D eigenvalue weighted by Crippen LogP contribution is -2.11. The number of alkyl halides is 3. The van der Waals surface area contributed by atoms with Crippen LogP contribution in [-0.4, -0.2) is 8.42 Å². The molecule has 8 heteroatoms. The van der Waals surface area contributed by atoms with Gasteiger partial charge < -0.3 is 0 Å². The van der Waals surface area contributed by atoms with Crippen LogP contribution in [0.2, 0.25) is 0 Å². The molecule has 0 aromatic heterocycles. The summed E-state index contributed by atoms with van der Waals surface area (Å²) in [4.78, 5) is 0.0391. The fraction of sp³-hybridized carbons (Fsp3) is 0.400. The van der Waals surface area contributed by atoms with Crippen molar-refractivity contribution < 1.29 is 26.0 Å². The van der Waals surface area contributed by atoms with Gasteiger partial charge in [-0.25, -0.2) is 17.9 Å². The van der Waals surface area contributed by atoms with Gasteiger partial charge >= 0.3 is 6.18 Å². The topological polar surface area (TPSA) is 60.2 Å². The van der Waals surface area contributed by atoms with Gasteiger partial charge in [0.25, 0.3) is 0 Å². The molecule has 152 valence electrons. The zero-order valence-corrected chi connectivity index (χ0v) is 16.2. The molecule has 1 aliphatic rings. The van der Waals surface area contributed by atoms with E-state index in [4.69, 9.17) is 5.14 Å². The minimum absolute atomic E-state index is 0.0391. The second-order valence-electron chi connectivity index (χ2n) is 7.87. The highest BCUT2D eigenvalue weighted by atomic mass is 32.2. The largest absolute Gasteiger partial charge is 0.419 e. The normalized spacial score (nSPS) is 21.5. The SMILES string of the molecule is CC1(C)C(c2ccc(S(N)(=O)=O)cc2)[C@H]1CCc1ccc(F)c(C(F)(F)F)c1. The second kappa shape index (κ2) is 6.84. The molecule has 0 heterocycles. The molecule has 2 aromatic carbocycles. The van der Waals surface area contributed by atoms with Gasteiger partial charge in [0.05, 0.1) is 10.5 Å². The molecule has 3 rings (SSSR count). The van der Waals surface area contributed by atoms with E-state index in [1.54, 1.807) is 12.1 Å². The number of rotatable bonds is 5. The van der Waals surface area contributed by atoms with Gasteiger partial charge in [0.15, 0.2) is 0 Å². The zero-order valence-electron chi connectivity index (χ0n) is 15.4. The van der Waals surface area contributed by atoms with Crippen molar-refractivity contribution in [2.75, 3.05) is 0 Å². The van der Waals surface area contributed by atoms with Crippen molar-refractivity contribution in [2.45, 2.75) is 43.7 Å². The van der Waals surface area contributed by atoms with E-state index in [2.05, 4.69) is 13.8 Å². The molecule has 3 nitrogen and oxygen atoms in total. The first-order valence-corrected chi connectivity index (χ1v) is 10.3. The monoisotopic (exact) mass is 415 g/mol. The summed E-state index contributed by atoms with van der Waals surface area (Å²) in [7, 11) is -3.76. The number of hydrogen-bond acceptors (Lipinski definition) is 2. The van der Waals surface area contributed by atoms with Crippen LogP contribution in [0.5, 0.6) is 0 Å². The van der Waals surface area contributed by atoms with Crippen molar-refractivity contribution in [1.29, 1.82) is 0 Å². The smallest absolute Gasteiger partial charge is 0.225 e. The van der Waals surface area contributed by atoms with E-state index in [1.165, 1.54) is 18.2 Å². The molecule has 0 aliphatic heterocycles. The molecule has 2 N–H and O–H groups in total. The number of aryl methyl sites for hydroxylation is 1. The maximum atomic E-state index is 13.4. The summed E-state index contributed by atoms with van der Waals surface area (Å²) in [6.45, 7) is 4.14. The highest BCUT2D eigenvalue weighted by Crippen LogP contribution is 2.66. The molecule has 0 saturated heterocycles. The highest BCUT2D eigenvalue weighted by molar-refractivity contribution is 7.89. The standard InChI is InChI=1S/C20H21F4NO2S/c1-19(2)15(18(19)13-5-7-14(8-6-13)28(25,26)27)9-3-12-4-10-17(21)16(11-12)20(22,23)24/h4-8,10-11,15,18H,3,9H2,1-2H3,(H2,25,26,27)/t15-,18?/m1/s1. The van der Waals surface area contributed by atoms with Gasteiger partial charge in [-0.05, 0) is 65.5 Å². The molecule has 2 aromatic rings. The van der Waals surface area contributed by atoms with Gasteiger partial charge in [-0.1, -0.05) is 32.0 Å². The van der Waals surface area contributed by atoms with Crippen molar-refractivity contribution in [2.24, 2.45) is 16.5 Å². The number of primary sulfonamides is 1. The molecular formula is C20H21F4NO2S. The van der Waals surface area contributed by atoms with E-state index in [9.17, 15) is 26.0 Å². The van der Waals surface area contributed by atoms with Crippen LogP contribution < -0.4 is 5.14 Å². The third-order valence-electron chi connectivity index (χ3n) is 5.70. The average molecular weight is 415 g/mol. The van der Waals surface area contributed by atoms with Gasteiger partial charge in [0.2, 0.25) is 10.0 Å². The average Bonchev–Trinajstić information content (AvgIpc) is 3.13. The Labute approximate surface area is 161 Å². The lowest BCUT2D eigenvalue weighted by molar-refractivity contribution is -0.140. The Morgan fingerprint density at radius 2 is 1.68 bits per heavy atom. The Hall–Kier alpha value is -1.93. The predicted molar refractivity (Wildman–Crippen MR) is 97.6 cm³/mol. The summed E-state index contributed by atoms with van der Waals surface area (Å²) in [5.74, 6) is -0.868. The fourth-order valence-corrected chi connectivity index (χ4v) is 4.59. The summed E-state index contributed by atoms with van der Waals surface area (Å²) in [6.07, 6.45) is -3.66. The van der Waals surface area contributed by atoms with Gasteiger partial charge in [-0.3, -0.25) is 0 Å². The number of hydrogen-bond donors (Lipinski definition) is 1. The summed E-state index contributed by atoms with van der Waals surface area (Å²) in [5, 5.41) is 5.11. The Bertz CT molecular complexity index is 982. The summed E-state index contributed by atoms with van der Waals surface area (Å²) in [5.41, 5.74) is 0.114. The first-order valence-electron chi connectivity index (χ1n) is 8.80. The Kier molecular flexibility index (Phi) is 5.08. The quantitative estimate of drug-likeness (QED) is 0.709. The summed E-state index contributed by atoms with van der Waals surface area (Å²) in [6, 6.07) is 9.51. The molecule has 1 fully saturated rings. The molecule has 0 bridgehead atoms. The van der Waals surface area contributed by atoms with Crippen molar-refractivity contribution in [1.82, 2.24) is 0 Å². The predicted octanol–water partition coefficient (Wildman–Crippen LogP) is 4.86. The minimum Gasteiger partial charge on any atom is -0.225 e. The van der Waals surface area contributed by atoms with E-state index in [-0.39, 0.29) is 22.1 Å². The number of sulfonamides is 1. The fourth-order valence-electron chi connectivity index (χ4n) is 4.08. The van der Waals surface area contributed by atoms with Gasteiger partial charge in [0, 0.05) is 0 Å². The van der Waals surface area contributed by atoms with Crippen molar-refractivity contribution >= 4 is 10.0 Å². The molecule has 1 saturated carbocycles. The van der Waals surface area contributed by atoms with Crippen LogP contribution in [0.15, 0.2) is 47.4 Å². The lowest BCUT2D eigenvalue weighted by atomic mass is 10.0. The zero-order chi connectivity index (χ0) is 20.9. The molecule has 1 aliphatic carbocycles. The van der Waals surface area contributed by atoms with Crippen molar-refractivity contribution in [3.05, 3.63) is 65.0 Å². The third kappa shape index (κ3) is 4.07. The van der Waals surface area contributed by atoms with Gasteiger partial charge in [-0.15, -0.1) is 0 Å². The maximum absolute atomic E-state index is 13.4. The first kappa shape index (κ1) is 20.8. The Morgan fingerprint density at radius 3 is 2.21 bits per heavy atom. The minimum atomic E-state index is -4.72. The molecule has 1 unspecified atom stereocenters. The molecule has 0 radical (unpaired) electrons. The van der Waals surface area contributed by atoms with Crippen LogP contribution in [-0.2, 0) is 22.6 Å². The molecule has 28 heavy (non-hydrogen) atoms. The summed E-state index contributed by atoms with van der Waals surface area (Å²) >= 11 is 0. The number of nitrogens with two attached hydrogens (primary N) is 1. The van der Waals surface area contributed by atoms with E-state index in [1.807, 2.05) is 0 Å². The van der Waals surface area contributed by atoms with E-state index in [0.717, 1.165) is 17.7 Å². The van der Waals surface area contributed by atoms with Crippen LogP contribution in [0.1, 0.15) is 42.9 Å². The highest BCUT2D eigenvalue weighted by Gasteiger charge is 2.57. The van der Waals surface area contributed by atoms with Crippen LogP contribution >= 0.6 is 0 Å². The van der Waals surface area contributed by atoms with E-state index >= 15 is 0 Å². The third-order valence-corrected chi connectivity index (χ3v) is 6.63. The molecule has 0 amide bonds. The lowest BCUT2D eigenvalue weighted by Gasteiger charge is -2.10.